The molecule has 1 N–H and O–H groups in total. The molecule has 4 rings (SSSR count). The molecule has 0 spiro atoms. The van der Waals surface area contributed by atoms with Gasteiger partial charge in [-0.1, -0.05) is 61.5 Å². The molecule has 156 valence electrons. The lowest BCUT2D eigenvalue weighted by Gasteiger charge is -2.13. The number of benzene rings is 3. The zero-order chi connectivity index (χ0) is 21.8. The average Bonchev–Trinajstić information content (AvgIpc) is 2.79. The molecular formula is C26H23NO4. The second-order valence-corrected chi connectivity index (χ2v) is 7.30. The molecule has 5 nitrogen and oxygen atoms in total. The van der Waals surface area contributed by atoms with Gasteiger partial charge in [-0.15, -0.1) is 0 Å². The summed E-state index contributed by atoms with van der Waals surface area (Å²) in [7, 11) is 0. The maximum atomic E-state index is 13.2. The van der Waals surface area contributed by atoms with Crippen molar-refractivity contribution in [3.8, 4) is 17.1 Å². The van der Waals surface area contributed by atoms with E-state index in [1.54, 1.807) is 6.07 Å². The molecule has 0 aliphatic carbocycles. The highest BCUT2D eigenvalue weighted by molar-refractivity contribution is 5.93. The van der Waals surface area contributed by atoms with E-state index < -0.39 is 0 Å². The molecule has 0 saturated heterocycles. The molecule has 1 heterocycles. The lowest BCUT2D eigenvalue weighted by Crippen LogP contribution is -2.23. The highest BCUT2D eigenvalue weighted by Gasteiger charge is 2.19. The summed E-state index contributed by atoms with van der Waals surface area (Å²) < 4.78 is 11.8. The van der Waals surface area contributed by atoms with Gasteiger partial charge in [0.25, 0.3) is 5.91 Å². The van der Waals surface area contributed by atoms with Crippen LogP contribution in [0.2, 0.25) is 0 Å². The number of rotatable bonds is 6. The van der Waals surface area contributed by atoms with Crippen LogP contribution < -0.4 is 15.5 Å². The van der Waals surface area contributed by atoms with E-state index in [1.807, 2.05) is 80.6 Å². The maximum absolute atomic E-state index is 13.2. The third kappa shape index (κ3) is 4.36. The molecule has 0 bridgehead atoms. The number of para-hydroxylation sites is 1. The van der Waals surface area contributed by atoms with Crippen LogP contribution in [0.5, 0.6) is 5.75 Å². The Kier molecular flexibility index (Phi) is 5.85. The van der Waals surface area contributed by atoms with Gasteiger partial charge in [-0.2, -0.15) is 0 Å². The number of ether oxygens (including phenoxy) is 1. The van der Waals surface area contributed by atoms with E-state index in [4.69, 9.17) is 9.15 Å². The van der Waals surface area contributed by atoms with E-state index in [0.29, 0.717) is 22.3 Å². The minimum absolute atomic E-state index is 0.0291. The molecule has 31 heavy (non-hydrogen) atoms. The van der Waals surface area contributed by atoms with Crippen molar-refractivity contribution in [1.82, 2.24) is 0 Å². The molecule has 0 aliphatic heterocycles. The summed E-state index contributed by atoms with van der Waals surface area (Å²) >= 11 is 0. The van der Waals surface area contributed by atoms with E-state index >= 15 is 0 Å². The van der Waals surface area contributed by atoms with Crippen LogP contribution >= 0.6 is 0 Å². The van der Waals surface area contributed by atoms with Crippen LogP contribution in [-0.2, 0) is 11.2 Å². The van der Waals surface area contributed by atoms with Crippen molar-refractivity contribution in [3.63, 3.8) is 0 Å². The SMILES string of the molecule is CCc1ccccc1NC(=O)COc1c(-c2ccccc2)oc2cc(C)ccc2c1=O. The molecule has 0 atom stereocenters. The Balaban J connectivity index is 1.68. The minimum Gasteiger partial charge on any atom is -0.476 e. The maximum Gasteiger partial charge on any atom is 0.262 e. The first-order valence-electron chi connectivity index (χ1n) is 10.2. The number of aryl methyl sites for hydroxylation is 2. The van der Waals surface area contributed by atoms with Crippen molar-refractivity contribution < 1.29 is 13.9 Å². The van der Waals surface area contributed by atoms with Gasteiger partial charge in [-0.25, -0.2) is 0 Å². The first kappa shape index (κ1) is 20.4. The van der Waals surface area contributed by atoms with Crippen molar-refractivity contribution in [3.05, 3.63) is 94.1 Å². The molecule has 3 aromatic carbocycles. The fourth-order valence-electron chi connectivity index (χ4n) is 3.47. The molecule has 0 saturated carbocycles. The van der Waals surface area contributed by atoms with Crippen LogP contribution in [0, 0.1) is 6.92 Å². The number of amides is 1. The summed E-state index contributed by atoms with van der Waals surface area (Å²) in [5.41, 5.74) is 3.63. The van der Waals surface area contributed by atoms with Crippen LogP contribution in [0.15, 0.2) is 82.0 Å². The topological polar surface area (TPSA) is 68.5 Å². The Bertz CT molecular complexity index is 1290. The number of fused-ring (bicyclic) bond motifs is 1. The van der Waals surface area contributed by atoms with Gasteiger partial charge in [-0.05, 0) is 42.7 Å². The van der Waals surface area contributed by atoms with Crippen molar-refractivity contribution in [1.29, 1.82) is 0 Å². The predicted molar refractivity (Wildman–Crippen MR) is 123 cm³/mol. The Morgan fingerprint density at radius 2 is 1.74 bits per heavy atom. The smallest absolute Gasteiger partial charge is 0.262 e. The molecule has 0 fully saturated rings. The summed E-state index contributed by atoms with van der Waals surface area (Å²) in [4.78, 5) is 25.7. The van der Waals surface area contributed by atoms with Crippen LogP contribution in [0.3, 0.4) is 0 Å². The van der Waals surface area contributed by atoms with Crippen molar-refractivity contribution in [2.75, 3.05) is 11.9 Å². The monoisotopic (exact) mass is 413 g/mol. The summed E-state index contributed by atoms with van der Waals surface area (Å²) in [5.74, 6) is -0.00440. The van der Waals surface area contributed by atoms with Crippen molar-refractivity contribution in [2.45, 2.75) is 20.3 Å². The zero-order valence-corrected chi connectivity index (χ0v) is 17.5. The molecule has 0 radical (unpaired) electrons. The van der Waals surface area contributed by atoms with E-state index in [1.165, 1.54) is 0 Å². The number of nitrogens with one attached hydrogen (secondary N) is 1. The number of hydrogen-bond acceptors (Lipinski definition) is 4. The van der Waals surface area contributed by atoms with Gasteiger partial charge in [0.1, 0.15) is 5.58 Å². The molecular weight excluding hydrogens is 390 g/mol. The Morgan fingerprint density at radius 3 is 2.52 bits per heavy atom. The summed E-state index contributed by atoms with van der Waals surface area (Å²) in [6.45, 7) is 3.65. The highest BCUT2D eigenvalue weighted by atomic mass is 16.5. The predicted octanol–water partition coefficient (Wildman–Crippen LogP) is 5.35. The van der Waals surface area contributed by atoms with E-state index in [0.717, 1.165) is 23.2 Å². The van der Waals surface area contributed by atoms with Crippen LogP contribution in [-0.4, -0.2) is 12.5 Å². The van der Waals surface area contributed by atoms with Gasteiger partial charge in [0.05, 0.1) is 5.39 Å². The Morgan fingerprint density at radius 1 is 1.00 bits per heavy atom. The van der Waals surface area contributed by atoms with E-state index in [-0.39, 0.29) is 23.7 Å². The number of carbonyl (C=O) groups is 1. The third-order valence-electron chi connectivity index (χ3n) is 5.06. The fourth-order valence-corrected chi connectivity index (χ4v) is 3.47. The summed E-state index contributed by atoms with van der Waals surface area (Å²) in [5, 5.41) is 3.27. The van der Waals surface area contributed by atoms with Crippen LogP contribution in [0.1, 0.15) is 18.1 Å². The fraction of sp³-hybridized carbons (Fsp3) is 0.154. The molecule has 1 aromatic heterocycles. The van der Waals surface area contributed by atoms with Gasteiger partial charge in [-0.3, -0.25) is 9.59 Å². The van der Waals surface area contributed by atoms with Crippen molar-refractivity contribution >= 4 is 22.6 Å². The quantitative estimate of drug-likeness (QED) is 0.463. The van der Waals surface area contributed by atoms with Gasteiger partial charge in [0, 0.05) is 11.3 Å². The van der Waals surface area contributed by atoms with Gasteiger partial charge >= 0.3 is 0 Å². The third-order valence-corrected chi connectivity index (χ3v) is 5.06. The largest absolute Gasteiger partial charge is 0.476 e. The lowest BCUT2D eigenvalue weighted by atomic mass is 10.1. The number of hydrogen-bond donors (Lipinski definition) is 1. The first-order chi connectivity index (χ1) is 15.1. The van der Waals surface area contributed by atoms with Crippen molar-refractivity contribution in [2.24, 2.45) is 0 Å². The average molecular weight is 413 g/mol. The number of carbonyl (C=O) groups excluding carboxylic acids is 1. The van der Waals surface area contributed by atoms with E-state index in [2.05, 4.69) is 5.32 Å². The van der Waals surface area contributed by atoms with Crippen LogP contribution in [0.25, 0.3) is 22.3 Å². The van der Waals surface area contributed by atoms with Gasteiger partial charge < -0.3 is 14.5 Å². The molecule has 4 aromatic rings. The lowest BCUT2D eigenvalue weighted by molar-refractivity contribution is -0.118. The molecule has 0 unspecified atom stereocenters. The molecule has 0 aliphatic rings. The molecule has 1 amide bonds. The highest BCUT2D eigenvalue weighted by Crippen LogP contribution is 2.31. The summed E-state index contributed by atoms with van der Waals surface area (Å²) in [6.07, 6.45) is 0.795. The second-order valence-electron chi connectivity index (χ2n) is 7.30. The minimum atomic E-state index is -0.344. The van der Waals surface area contributed by atoms with Gasteiger partial charge in [0.2, 0.25) is 11.2 Å². The van der Waals surface area contributed by atoms with Gasteiger partial charge in [0.15, 0.2) is 12.4 Å². The molecule has 5 heteroatoms. The van der Waals surface area contributed by atoms with Crippen LogP contribution in [0.4, 0.5) is 5.69 Å². The Labute approximate surface area is 180 Å². The zero-order valence-electron chi connectivity index (χ0n) is 17.5. The number of anilines is 1. The first-order valence-corrected chi connectivity index (χ1v) is 10.2. The summed E-state index contributed by atoms with van der Waals surface area (Å²) in [6, 6.07) is 22.3. The normalized spacial score (nSPS) is 10.8. The second kappa shape index (κ2) is 8.88. The Hall–Kier alpha value is -3.86. The standard InChI is InChI=1S/C26H23NO4/c1-3-18-9-7-8-12-21(18)27-23(28)16-30-26-24(29)20-14-13-17(2)15-22(20)31-25(26)19-10-5-4-6-11-19/h4-15H,3,16H2,1-2H3,(H,27,28). The van der Waals surface area contributed by atoms with E-state index in [9.17, 15) is 9.59 Å².